The number of aromatic nitrogens is 1. The molecule has 1 aromatic heterocycles. The van der Waals surface area contributed by atoms with Gasteiger partial charge in [0, 0.05) is 17.9 Å². The summed E-state index contributed by atoms with van der Waals surface area (Å²) in [6.45, 7) is 0.626. The molecule has 0 amide bonds. The van der Waals surface area contributed by atoms with Gasteiger partial charge < -0.3 is 5.11 Å². The van der Waals surface area contributed by atoms with Crippen molar-refractivity contribution in [1.82, 2.24) is 4.98 Å². The molecule has 2 nitrogen and oxygen atoms in total. The van der Waals surface area contributed by atoms with Gasteiger partial charge in [0.1, 0.15) is 5.69 Å². The first-order chi connectivity index (χ1) is 12.1. The molecule has 1 N–H and O–H groups in total. The van der Waals surface area contributed by atoms with E-state index < -0.39 is 35.0 Å². The molecule has 26 heavy (non-hydrogen) atoms. The lowest BCUT2D eigenvalue weighted by atomic mass is 9.81. The molecule has 7 heteroatoms. The number of nitrogens with zero attached hydrogens (tertiary/aromatic N) is 1. The molecule has 1 aliphatic carbocycles. The van der Waals surface area contributed by atoms with Gasteiger partial charge in [-0.2, -0.15) is 13.2 Å². The van der Waals surface area contributed by atoms with Gasteiger partial charge in [0.2, 0.25) is 0 Å². The molecule has 1 fully saturated rings. The predicted octanol–water partition coefficient (Wildman–Crippen LogP) is 5.98. The Morgan fingerprint density at radius 3 is 2.31 bits per heavy atom. The van der Waals surface area contributed by atoms with E-state index >= 15 is 0 Å². The van der Waals surface area contributed by atoms with Crippen molar-refractivity contribution >= 4 is 10.9 Å². The van der Waals surface area contributed by atoms with Gasteiger partial charge in [0.05, 0.1) is 11.6 Å². The highest BCUT2D eigenvalue weighted by Crippen LogP contribution is 2.41. The standard InChI is InChI=1S/C19H20F5NO/c1-18(20,21)14-9-5-8-12-13(17(26)11-6-3-2-4-7-11)10-15(19(22,23)24)25-16(12)14/h5,8-11,17,26H,2-4,6-7H2,1H3/t17-/m1/s1. The van der Waals surface area contributed by atoms with Crippen LogP contribution in [-0.2, 0) is 12.1 Å². The summed E-state index contributed by atoms with van der Waals surface area (Å²) in [7, 11) is 0. The number of fused-ring (bicyclic) bond motifs is 1. The SMILES string of the molecule is CC(F)(F)c1cccc2c([C@H](O)C3CCCCC3)cc(C(F)(F)F)nc12. The van der Waals surface area contributed by atoms with Crippen LogP contribution < -0.4 is 0 Å². The predicted molar refractivity (Wildman–Crippen MR) is 87.8 cm³/mol. The minimum absolute atomic E-state index is 0.0281. The summed E-state index contributed by atoms with van der Waals surface area (Å²) in [5.74, 6) is -3.52. The Labute approximate surface area is 148 Å². The zero-order valence-electron chi connectivity index (χ0n) is 14.3. The lowest BCUT2D eigenvalue weighted by Gasteiger charge is -2.28. The molecule has 0 aliphatic heterocycles. The van der Waals surface area contributed by atoms with Crippen molar-refractivity contribution in [3.8, 4) is 0 Å². The molecule has 2 aromatic rings. The van der Waals surface area contributed by atoms with Gasteiger partial charge in [-0.25, -0.2) is 13.8 Å². The first-order valence-electron chi connectivity index (χ1n) is 8.66. The number of hydrogen-bond donors (Lipinski definition) is 1. The van der Waals surface area contributed by atoms with E-state index in [1.54, 1.807) is 0 Å². The quantitative estimate of drug-likeness (QED) is 0.672. The summed E-state index contributed by atoms with van der Waals surface area (Å²) >= 11 is 0. The van der Waals surface area contributed by atoms with Crippen LogP contribution in [0, 0.1) is 5.92 Å². The summed E-state index contributed by atoms with van der Waals surface area (Å²) in [6, 6.07) is 4.69. The fourth-order valence-electron chi connectivity index (χ4n) is 3.72. The van der Waals surface area contributed by atoms with Gasteiger partial charge in [-0.1, -0.05) is 37.5 Å². The minimum atomic E-state index is -4.79. The van der Waals surface area contributed by atoms with Crippen LogP contribution in [0.1, 0.15) is 62.0 Å². The van der Waals surface area contributed by atoms with E-state index in [1.165, 1.54) is 12.1 Å². The molecule has 0 spiro atoms. The molecule has 0 bridgehead atoms. The van der Waals surface area contributed by atoms with Gasteiger partial charge in [-0.15, -0.1) is 0 Å². The van der Waals surface area contributed by atoms with Crippen LogP contribution in [0.5, 0.6) is 0 Å². The molecular weight excluding hydrogens is 353 g/mol. The number of alkyl halides is 5. The average Bonchev–Trinajstić information content (AvgIpc) is 2.58. The maximum absolute atomic E-state index is 13.9. The normalized spacial score (nSPS) is 18.3. The third-order valence-electron chi connectivity index (χ3n) is 5.05. The largest absolute Gasteiger partial charge is 0.433 e. The maximum Gasteiger partial charge on any atom is 0.433 e. The topological polar surface area (TPSA) is 33.1 Å². The van der Waals surface area contributed by atoms with Crippen molar-refractivity contribution in [2.24, 2.45) is 5.92 Å². The van der Waals surface area contributed by atoms with Crippen molar-refractivity contribution in [3.63, 3.8) is 0 Å². The fraction of sp³-hybridized carbons (Fsp3) is 0.526. The molecule has 3 rings (SSSR count). The van der Waals surface area contributed by atoms with Gasteiger partial charge in [0.15, 0.2) is 0 Å². The van der Waals surface area contributed by atoms with Crippen molar-refractivity contribution in [2.75, 3.05) is 0 Å². The Bertz CT molecular complexity index is 791. The Morgan fingerprint density at radius 2 is 1.73 bits per heavy atom. The molecule has 0 saturated heterocycles. The molecule has 0 unspecified atom stereocenters. The summed E-state index contributed by atoms with van der Waals surface area (Å²) < 4.78 is 67.7. The van der Waals surface area contributed by atoms with Crippen molar-refractivity contribution < 1.29 is 27.1 Å². The lowest BCUT2D eigenvalue weighted by Crippen LogP contribution is -2.19. The maximum atomic E-state index is 13.9. The molecule has 142 valence electrons. The average molecular weight is 373 g/mol. The fourth-order valence-corrected chi connectivity index (χ4v) is 3.72. The number of rotatable bonds is 3. The number of para-hydroxylation sites is 1. The molecular formula is C19H20F5NO. The van der Waals surface area contributed by atoms with Crippen LogP contribution in [0.15, 0.2) is 24.3 Å². The van der Waals surface area contributed by atoms with Crippen LogP contribution in [0.3, 0.4) is 0 Å². The third kappa shape index (κ3) is 3.68. The summed E-state index contributed by atoms with van der Waals surface area (Å²) in [6.07, 6.45) is -1.69. The molecule has 0 radical (unpaired) electrons. The van der Waals surface area contributed by atoms with E-state index in [9.17, 15) is 27.1 Å². The number of halogens is 5. The Morgan fingerprint density at radius 1 is 1.08 bits per heavy atom. The van der Waals surface area contributed by atoms with E-state index in [4.69, 9.17) is 0 Å². The van der Waals surface area contributed by atoms with Crippen molar-refractivity contribution in [3.05, 3.63) is 41.1 Å². The van der Waals surface area contributed by atoms with Crippen molar-refractivity contribution in [2.45, 2.75) is 57.2 Å². The van der Waals surface area contributed by atoms with Gasteiger partial charge in [0.25, 0.3) is 5.92 Å². The molecule has 1 heterocycles. The summed E-state index contributed by atoms with van der Waals surface area (Å²) in [4.78, 5) is 3.48. The molecule has 1 atom stereocenters. The smallest absolute Gasteiger partial charge is 0.388 e. The van der Waals surface area contributed by atoms with E-state index in [0.717, 1.165) is 31.4 Å². The van der Waals surface area contributed by atoms with E-state index in [-0.39, 0.29) is 16.9 Å². The van der Waals surface area contributed by atoms with Crippen LogP contribution in [-0.4, -0.2) is 10.1 Å². The Hall–Kier alpha value is -1.76. The van der Waals surface area contributed by atoms with Crippen molar-refractivity contribution in [1.29, 1.82) is 0 Å². The first-order valence-corrected chi connectivity index (χ1v) is 8.66. The molecule has 1 saturated carbocycles. The number of aliphatic hydroxyl groups excluding tert-OH is 1. The van der Waals surface area contributed by atoms with E-state index in [2.05, 4.69) is 4.98 Å². The minimum Gasteiger partial charge on any atom is -0.388 e. The van der Waals surface area contributed by atoms with Crippen LogP contribution in [0.4, 0.5) is 22.0 Å². The second kappa shape index (κ2) is 6.76. The zero-order chi connectivity index (χ0) is 19.1. The summed E-state index contributed by atoms with van der Waals surface area (Å²) in [5.41, 5.74) is -2.20. The summed E-state index contributed by atoms with van der Waals surface area (Å²) in [5, 5.41) is 10.9. The number of benzene rings is 1. The highest BCUT2D eigenvalue weighted by molar-refractivity contribution is 5.86. The number of pyridine rings is 1. The zero-order valence-corrected chi connectivity index (χ0v) is 14.3. The lowest BCUT2D eigenvalue weighted by molar-refractivity contribution is -0.141. The highest BCUT2D eigenvalue weighted by Gasteiger charge is 2.37. The Kier molecular flexibility index (Phi) is 4.94. The van der Waals surface area contributed by atoms with E-state index in [0.29, 0.717) is 19.8 Å². The molecule has 1 aliphatic rings. The van der Waals surface area contributed by atoms with E-state index in [1.807, 2.05) is 0 Å². The number of hydrogen-bond acceptors (Lipinski definition) is 2. The monoisotopic (exact) mass is 373 g/mol. The van der Waals surface area contributed by atoms with Crippen LogP contribution >= 0.6 is 0 Å². The second-order valence-electron chi connectivity index (χ2n) is 7.03. The number of aliphatic hydroxyl groups is 1. The molecule has 1 aromatic carbocycles. The first kappa shape index (κ1) is 19.0. The third-order valence-corrected chi connectivity index (χ3v) is 5.05. The van der Waals surface area contributed by atoms with Crippen LogP contribution in [0.2, 0.25) is 0 Å². The van der Waals surface area contributed by atoms with Gasteiger partial charge >= 0.3 is 6.18 Å². The second-order valence-corrected chi connectivity index (χ2v) is 7.03. The van der Waals surface area contributed by atoms with Crippen LogP contribution in [0.25, 0.3) is 10.9 Å². The Balaban J connectivity index is 2.23. The van der Waals surface area contributed by atoms with Gasteiger partial charge in [-0.05, 0) is 30.4 Å². The highest BCUT2D eigenvalue weighted by atomic mass is 19.4. The van der Waals surface area contributed by atoms with Gasteiger partial charge in [-0.3, -0.25) is 0 Å².